The van der Waals surface area contributed by atoms with Gasteiger partial charge in [-0.3, -0.25) is 5.84 Å². The van der Waals surface area contributed by atoms with Crippen LogP contribution in [0.25, 0.3) is 0 Å². The molecule has 0 amide bonds. The van der Waals surface area contributed by atoms with Gasteiger partial charge >= 0.3 is 9.24 Å². The zero-order valence-corrected chi connectivity index (χ0v) is 7.26. The number of hydrogen-bond donors (Lipinski definition) is 2. The molecule has 0 aliphatic carbocycles. The summed E-state index contributed by atoms with van der Waals surface area (Å²) in [4.78, 5) is 10.2. The second-order valence-electron chi connectivity index (χ2n) is 1.98. The third kappa shape index (κ3) is 1.75. The summed E-state index contributed by atoms with van der Waals surface area (Å²) in [5.74, 6) is 6.54. The van der Waals surface area contributed by atoms with Crippen molar-refractivity contribution in [3.63, 3.8) is 0 Å². The first-order valence-corrected chi connectivity index (χ1v) is 4.99. The fourth-order valence-corrected chi connectivity index (χ4v) is 1.60. The van der Waals surface area contributed by atoms with E-state index in [2.05, 4.69) is 5.53 Å². The Hall–Kier alpha value is -0.630. The average Bonchev–Trinajstić information content (AvgIpc) is 2.29. The highest BCUT2D eigenvalue weighted by atomic mass is 35.7. The van der Waals surface area contributed by atoms with Crippen LogP contribution < -0.4 is 11.4 Å². The molecule has 1 rings (SSSR count). The van der Waals surface area contributed by atoms with Gasteiger partial charge in [-0.05, 0) is 0 Å². The van der Waals surface area contributed by atoms with Gasteiger partial charge in [0.2, 0.25) is 0 Å². The quantitative estimate of drug-likeness (QED) is 0.299. The fraction of sp³-hybridized carbons (Fsp3) is 0.333. The number of nitrogens with two attached hydrogens (primary N) is 1. The summed E-state index contributed by atoms with van der Waals surface area (Å²) in [5, 5.41) is 0.889. The molecular weight excluding hydrogens is 208 g/mol. The van der Waals surface area contributed by atoms with E-state index in [9.17, 15) is 13.2 Å². The first-order valence-electron chi connectivity index (χ1n) is 2.72. The van der Waals surface area contributed by atoms with Crippen LogP contribution in [0.3, 0.4) is 0 Å². The third-order valence-electron chi connectivity index (χ3n) is 1.12. The first-order chi connectivity index (χ1) is 5.45. The minimum Gasteiger partial charge on any atom is -0.253 e. The molecule has 9 heteroatoms. The molecule has 12 heavy (non-hydrogen) atoms. The zero-order valence-electron chi connectivity index (χ0n) is 5.69. The molecule has 0 bridgehead atoms. The van der Waals surface area contributed by atoms with Crippen LogP contribution in [0, 0.1) is 0 Å². The highest BCUT2D eigenvalue weighted by Crippen LogP contribution is 2.14. The van der Waals surface area contributed by atoms with Crippen molar-refractivity contribution in [1.29, 1.82) is 0 Å². The molecule has 1 aliphatic heterocycles. The Balaban J connectivity index is 3.01. The molecule has 0 atom stereocenters. The van der Waals surface area contributed by atoms with E-state index >= 15 is 0 Å². The normalized spacial score (nSPS) is 19.8. The molecule has 0 aromatic rings. The lowest BCUT2D eigenvalue weighted by Crippen LogP contribution is -2.44. The topological polar surface area (TPSA) is 95.7 Å². The lowest BCUT2D eigenvalue weighted by Gasteiger charge is -2.12. The smallest absolute Gasteiger partial charge is 0.253 e. The largest absolute Gasteiger partial charge is 0.336 e. The van der Waals surface area contributed by atoms with Gasteiger partial charge in [0, 0.05) is 10.7 Å². The number of halogens is 1. The van der Waals surface area contributed by atoms with Gasteiger partial charge in [0.1, 0.15) is 11.6 Å². The summed E-state index contributed by atoms with van der Waals surface area (Å²) >= 11 is 0. The summed E-state index contributed by atoms with van der Waals surface area (Å²) in [6, 6.07) is 0. The van der Waals surface area contributed by atoms with Crippen molar-refractivity contribution in [3.8, 4) is 0 Å². The second kappa shape index (κ2) is 3.02. The number of nitrogens with zero attached hydrogens (tertiary/aromatic N) is 2. The number of carbonyl (C=O) groups excluding carboxylic acids is 1. The Morgan fingerprint density at radius 1 is 1.67 bits per heavy atom. The van der Waals surface area contributed by atoms with Crippen LogP contribution in [0.5, 0.6) is 0 Å². The SMILES string of the molecule is NN1CC(=C=O)N(S(=O)(=O)Cl)N1. The van der Waals surface area contributed by atoms with E-state index in [-0.39, 0.29) is 12.2 Å². The monoisotopic (exact) mass is 212 g/mol. The molecule has 0 unspecified atom stereocenters. The summed E-state index contributed by atoms with van der Waals surface area (Å²) < 4.78 is 21.8. The van der Waals surface area contributed by atoms with Gasteiger partial charge in [0.25, 0.3) is 0 Å². The van der Waals surface area contributed by atoms with Gasteiger partial charge in [-0.25, -0.2) is 4.79 Å². The van der Waals surface area contributed by atoms with E-state index in [1.54, 1.807) is 0 Å². The summed E-state index contributed by atoms with van der Waals surface area (Å²) in [5.41, 5.74) is 1.93. The molecule has 1 heterocycles. The molecule has 0 saturated carbocycles. The lowest BCUT2D eigenvalue weighted by atomic mass is 10.5. The van der Waals surface area contributed by atoms with Crippen molar-refractivity contribution in [2.75, 3.05) is 6.54 Å². The Morgan fingerprint density at radius 3 is 2.58 bits per heavy atom. The van der Waals surface area contributed by atoms with Crippen molar-refractivity contribution in [2.24, 2.45) is 5.84 Å². The summed E-state index contributed by atoms with van der Waals surface area (Å²) in [6.07, 6.45) is 0. The van der Waals surface area contributed by atoms with Crippen molar-refractivity contribution in [3.05, 3.63) is 5.70 Å². The number of hydrazine groups is 3. The van der Waals surface area contributed by atoms with Crippen LogP contribution in [-0.4, -0.2) is 30.4 Å². The molecule has 68 valence electrons. The van der Waals surface area contributed by atoms with Gasteiger partial charge in [-0.15, -0.1) is 5.53 Å². The van der Waals surface area contributed by atoms with Crippen LogP contribution in [0.4, 0.5) is 0 Å². The van der Waals surface area contributed by atoms with E-state index in [0.717, 1.165) is 5.12 Å². The van der Waals surface area contributed by atoms with Gasteiger partial charge in [0.05, 0.1) is 6.54 Å². The van der Waals surface area contributed by atoms with Crippen LogP contribution in [0.2, 0.25) is 0 Å². The second-order valence-corrected chi connectivity index (χ2v) is 4.34. The molecule has 0 aromatic heterocycles. The molecule has 1 aliphatic rings. The molecule has 7 nitrogen and oxygen atoms in total. The van der Waals surface area contributed by atoms with Crippen molar-refractivity contribution >= 4 is 25.9 Å². The third-order valence-corrected chi connectivity index (χ3v) is 2.27. The highest BCUT2D eigenvalue weighted by Gasteiger charge is 2.31. The average molecular weight is 213 g/mol. The van der Waals surface area contributed by atoms with Crippen LogP contribution in [0.1, 0.15) is 0 Å². The lowest BCUT2D eigenvalue weighted by molar-refractivity contribution is 0.189. The van der Waals surface area contributed by atoms with E-state index < -0.39 is 9.24 Å². The predicted molar refractivity (Wildman–Crippen MR) is 39.8 cm³/mol. The maximum Gasteiger partial charge on any atom is 0.336 e. The van der Waals surface area contributed by atoms with E-state index in [4.69, 9.17) is 16.5 Å². The molecule has 1 saturated heterocycles. The summed E-state index contributed by atoms with van der Waals surface area (Å²) in [6.45, 7) is -0.0740. The zero-order chi connectivity index (χ0) is 9.35. The van der Waals surface area contributed by atoms with Gasteiger partial charge in [-0.2, -0.15) is 17.9 Å². The molecule has 3 N–H and O–H groups in total. The predicted octanol–water partition coefficient (Wildman–Crippen LogP) is -1.90. The highest BCUT2D eigenvalue weighted by molar-refractivity contribution is 8.11. The minimum absolute atomic E-state index is 0.0740. The maximum absolute atomic E-state index is 10.7. The summed E-state index contributed by atoms with van der Waals surface area (Å²) in [7, 11) is 0.908. The Labute approximate surface area is 72.8 Å². The molecular formula is C3H5ClN4O3S. The molecule has 0 spiro atoms. The maximum atomic E-state index is 10.7. The van der Waals surface area contributed by atoms with Gasteiger partial charge in [0.15, 0.2) is 0 Å². The standard InChI is InChI=1S/C3H5ClN4O3S/c4-12(10,11)8-3(2-9)1-7(5)6-8/h6H,1,5H2. The molecule has 0 aromatic carbocycles. The van der Waals surface area contributed by atoms with Crippen molar-refractivity contribution < 1.29 is 13.2 Å². The Morgan fingerprint density at radius 2 is 2.25 bits per heavy atom. The first kappa shape index (κ1) is 9.46. The minimum atomic E-state index is -4.02. The Kier molecular flexibility index (Phi) is 2.38. The number of nitrogens with one attached hydrogen (secondary N) is 1. The van der Waals surface area contributed by atoms with E-state index in [0.29, 0.717) is 4.41 Å². The molecule has 1 fully saturated rings. The van der Waals surface area contributed by atoms with Gasteiger partial charge in [-0.1, -0.05) is 0 Å². The fourth-order valence-electron chi connectivity index (χ4n) is 0.692. The van der Waals surface area contributed by atoms with Crippen LogP contribution in [0.15, 0.2) is 5.70 Å². The van der Waals surface area contributed by atoms with Crippen molar-refractivity contribution in [1.82, 2.24) is 15.1 Å². The molecule has 0 radical (unpaired) electrons. The Bertz CT molecular complexity index is 333. The van der Waals surface area contributed by atoms with Gasteiger partial charge < -0.3 is 0 Å². The van der Waals surface area contributed by atoms with Crippen LogP contribution >= 0.6 is 10.7 Å². The van der Waals surface area contributed by atoms with Crippen molar-refractivity contribution in [2.45, 2.75) is 0 Å². The number of rotatable bonds is 1. The van der Waals surface area contributed by atoms with E-state index in [1.807, 2.05) is 0 Å². The number of hydrogen-bond acceptors (Lipinski definition) is 6. The van der Waals surface area contributed by atoms with E-state index in [1.165, 1.54) is 5.94 Å². The van der Waals surface area contributed by atoms with Crippen LogP contribution in [-0.2, 0) is 14.0 Å².